The third-order valence-electron chi connectivity index (χ3n) is 4.37. The van der Waals surface area contributed by atoms with Crippen molar-refractivity contribution < 1.29 is 4.79 Å². The highest BCUT2D eigenvalue weighted by Crippen LogP contribution is 2.33. The second-order valence-electron chi connectivity index (χ2n) is 5.78. The van der Waals surface area contributed by atoms with Crippen LogP contribution in [0, 0.1) is 0 Å². The largest absolute Gasteiger partial charge is 0.356 e. The molecular formula is C17H19N5O. The number of carbonyl (C=O) groups is 1. The van der Waals surface area contributed by atoms with Crippen LogP contribution >= 0.6 is 0 Å². The third kappa shape index (κ3) is 2.13. The van der Waals surface area contributed by atoms with Gasteiger partial charge in [-0.1, -0.05) is 6.07 Å². The van der Waals surface area contributed by atoms with Gasteiger partial charge in [-0.05, 0) is 31.9 Å². The van der Waals surface area contributed by atoms with Crippen LogP contribution in [0.1, 0.15) is 30.1 Å². The van der Waals surface area contributed by atoms with Crippen LogP contribution in [0.5, 0.6) is 0 Å². The van der Waals surface area contributed by atoms with Crippen molar-refractivity contribution in [3.63, 3.8) is 0 Å². The molecule has 1 saturated heterocycles. The average molecular weight is 309 g/mol. The molecule has 0 radical (unpaired) electrons. The number of aromatic nitrogens is 3. The Labute approximate surface area is 134 Å². The Balaban J connectivity index is 2.07. The molecule has 3 aromatic rings. The Kier molecular flexibility index (Phi) is 3.37. The predicted molar refractivity (Wildman–Crippen MR) is 89.9 cm³/mol. The van der Waals surface area contributed by atoms with Gasteiger partial charge in [0.05, 0.1) is 16.5 Å². The molecule has 0 saturated carbocycles. The van der Waals surface area contributed by atoms with Gasteiger partial charge in [0.25, 0.3) is 5.91 Å². The first-order valence-electron chi connectivity index (χ1n) is 8.08. The fourth-order valence-corrected chi connectivity index (χ4v) is 3.38. The van der Waals surface area contributed by atoms with E-state index in [4.69, 9.17) is 0 Å². The molecule has 1 amide bonds. The van der Waals surface area contributed by atoms with Crippen molar-refractivity contribution in [3.8, 4) is 0 Å². The molecule has 1 fully saturated rings. The van der Waals surface area contributed by atoms with E-state index in [9.17, 15) is 4.79 Å². The summed E-state index contributed by atoms with van der Waals surface area (Å²) in [7, 11) is 0. The summed E-state index contributed by atoms with van der Waals surface area (Å²) in [4.78, 5) is 23.9. The zero-order chi connectivity index (χ0) is 15.8. The number of amides is 1. The molecule has 0 bridgehead atoms. The van der Waals surface area contributed by atoms with Crippen LogP contribution in [0.15, 0.2) is 30.7 Å². The normalized spacial score (nSPS) is 14.7. The van der Waals surface area contributed by atoms with Crippen molar-refractivity contribution in [2.45, 2.75) is 19.8 Å². The number of nitrogens with one attached hydrogen (secondary N) is 1. The van der Waals surface area contributed by atoms with Gasteiger partial charge in [-0.3, -0.25) is 4.79 Å². The van der Waals surface area contributed by atoms with E-state index in [1.165, 1.54) is 0 Å². The molecule has 0 unspecified atom stereocenters. The van der Waals surface area contributed by atoms with E-state index in [-0.39, 0.29) is 5.91 Å². The lowest BCUT2D eigenvalue weighted by Crippen LogP contribution is -2.24. The van der Waals surface area contributed by atoms with E-state index in [0.29, 0.717) is 12.1 Å². The third-order valence-corrected chi connectivity index (χ3v) is 4.37. The standard InChI is InChI=1S/C17H19N5O/c1-2-18-17(23)13-12-7-3-4-10-22(12)16-14(13)15(19-11-20-16)21-8-5-6-9-21/h3-4,7,10-11H,2,5-6,8-9H2,1H3,(H,18,23). The number of rotatable bonds is 3. The van der Waals surface area contributed by atoms with Crippen LogP contribution < -0.4 is 10.2 Å². The minimum absolute atomic E-state index is 0.0681. The summed E-state index contributed by atoms with van der Waals surface area (Å²) in [6, 6.07) is 5.85. The van der Waals surface area contributed by atoms with Gasteiger partial charge in [-0.25, -0.2) is 9.97 Å². The molecule has 23 heavy (non-hydrogen) atoms. The molecule has 0 aromatic carbocycles. The summed E-state index contributed by atoms with van der Waals surface area (Å²) in [5.74, 6) is 0.805. The van der Waals surface area contributed by atoms with Crippen molar-refractivity contribution in [2.24, 2.45) is 0 Å². The average Bonchev–Trinajstić information content (AvgIpc) is 3.21. The number of hydrogen-bond acceptors (Lipinski definition) is 4. The first-order valence-corrected chi connectivity index (χ1v) is 8.08. The van der Waals surface area contributed by atoms with Crippen molar-refractivity contribution in [3.05, 3.63) is 36.3 Å². The number of anilines is 1. The molecule has 6 nitrogen and oxygen atoms in total. The molecule has 4 rings (SSSR count). The number of carbonyl (C=O) groups excluding carboxylic acids is 1. The fourth-order valence-electron chi connectivity index (χ4n) is 3.38. The smallest absolute Gasteiger partial charge is 0.254 e. The van der Waals surface area contributed by atoms with Crippen molar-refractivity contribution >= 4 is 28.3 Å². The Morgan fingerprint density at radius 1 is 1.26 bits per heavy atom. The maximum absolute atomic E-state index is 12.7. The van der Waals surface area contributed by atoms with Gasteiger partial charge in [0.2, 0.25) is 0 Å². The second-order valence-corrected chi connectivity index (χ2v) is 5.78. The lowest BCUT2D eigenvalue weighted by molar-refractivity contribution is 0.0959. The SMILES string of the molecule is CCNC(=O)c1c2c(N3CCCC3)ncnc2n2ccccc12. The number of fused-ring (bicyclic) bond motifs is 3. The minimum atomic E-state index is -0.0681. The van der Waals surface area contributed by atoms with Crippen LogP contribution in [0.2, 0.25) is 0 Å². The maximum Gasteiger partial charge on any atom is 0.254 e. The van der Waals surface area contributed by atoms with Gasteiger partial charge in [0.1, 0.15) is 12.1 Å². The van der Waals surface area contributed by atoms with Crippen LogP contribution in [-0.2, 0) is 0 Å². The molecule has 0 atom stereocenters. The highest BCUT2D eigenvalue weighted by Gasteiger charge is 2.25. The molecular weight excluding hydrogens is 290 g/mol. The summed E-state index contributed by atoms with van der Waals surface area (Å²) >= 11 is 0. The van der Waals surface area contributed by atoms with E-state index in [0.717, 1.165) is 48.3 Å². The molecule has 4 heterocycles. The Morgan fingerprint density at radius 2 is 2.09 bits per heavy atom. The fraction of sp³-hybridized carbons (Fsp3) is 0.353. The quantitative estimate of drug-likeness (QED) is 0.806. The summed E-state index contributed by atoms with van der Waals surface area (Å²) in [6.45, 7) is 4.48. The van der Waals surface area contributed by atoms with Crippen molar-refractivity contribution in [1.82, 2.24) is 19.7 Å². The molecule has 118 valence electrons. The Bertz CT molecular complexity index is 879. The van der Waals surface area contributed by atoms with E-state index in [2.05, 4.69) is 20.2 Å². The Hall–Kier alpha value is -2.63. The topological polar surface area (TPSA) is 62.5 Å². The molecule has 1 aliphatic rings. The lowest BCUT2D eigenvalue weighted by atomic mass is 10.1. The van der Waals surface area contributed by atoms with Gasteiger partial charge >= 0.3 is 0 Å². The van der Waals surface area contributed by atoms with Gasteiger partial charge < -0.3 is 14.6 Å². The zero-order valence-corrected chi connectivity index (χ0v) is 13.1. The maximum atomic E-state index is 12.7. The zero-order valence-electron chi connectivity index (χ0n) is 13.1. The molecule has 1 aliphatic heterocycles. The first-order chi connectivity index (χ1) is 11.3. The summed E-state index contributed by atoms with van der Waals surface area (Å²) in [5, 5.41) is 3.78. The lowest BCUT2D eigenvalue weighted by Gasteiger charge is -2.17. The van der Waals surface area contributed by atoms with E-state index in [1.54, 1.807) is 6.33 Å². The monoisotopic (exact) mass is 309 g/mol. The van der Waals surface area contributed by atoms with Gasteiger partial charge in [-0.15, -0.1) is 0 Å². The molecule has 1 N–H and O–H groups in total. The number of pyridine rings is 1. The van der Waals surface area contributed by atoms with Crippen molar-refractivity contribution in [2.75, 3.05) is 24.5 Å². The molecule has 0 spiro atoms. The predicted octanol–water partition coefficient (Wildman–Crippen LogP) is 2.23. The van der Waals surface area contributed by atoms with Crippen LogP contribution in [0.25, 0.3) is 16.6 Å². The molecule has 6 heteroatoms. The van der Waals surface area contributed by atoms with E-state index >= 15 is 0 Å². The van der Waals surface area contributed by atoms with Gasteiger partial charge in [0, 0.05) is 25.8 Å². The van der Waals surface area contributed by atoms with Crippen molar-refractivity contribution in [1.29, 1.82) is 0 Å². The van der Waals surface area contributed by atoms with E-state index in [1.807, 2.05) is 35.7 Å². The highest BCUT2D eigenvalue weighted by atomic mass is 16.1. The highest BCUT2D eigenvalue weighted by molar-refractivity contribution is 6.16. The first kappa shape index (κ1) is 14.0. The summed E-state index contributed by atoms with van der Waals surface area (Å²) in [6.07, 6.45) is 5.86. The van der Waals surface area contributed by atoms with Crippen LogP contribution in [0.4, 0.5) is 5.82 Å². The second kappa shape index (κ2) is 5.53. The summed E-state index contributed by atoms with van der Waals surface area (Å²) < 4.78 is 1.97. The minimum Gasteiger partial charge on any atom is -0.356 e. The van der Waals surface area contributed by atoms with Crippen LogP contribution in [0.3, 0.4) is 0 Å². The number of hydrogen-bond donors (Lipinski definition) is 1. The van der Waals surface area contributed by atoms with E-state index < -0.39 is 0 Å². The van der Waals surface area contributed by atoms with Gasteiger partial charge in [-0.2, -0.15) is 0 Å². The number of nitrogens with zero attached hydrogens (tertiary/aromatic N) is 4. The molecule has 3 aromatic heterocycles. The molecule has 0 aliphatic carbocycles. The van der Waals surface area contributed by atoms with Crippen LogP contribution in [-0.4, -0.2) is 39.9 Å². The Morgan fingerprint density at radius 3 is 2.87 bits per heavy atom. The summed E-state index contributed by atoms with van der Waals surface area (Å²) in [5.41, 5.74) is 2.33. The van der Waals surface area contributed by atoms with Gasteiger partial charge in [0.15, 0.2) is 5.65 Å².